The molecule has 0 atom stereocenters. The monoisotopic (exact) mass is 440 g/mol. The topological polar surface area (TPSA) is 73.0 Å². The van der Waals surface area contributed by atoms with Gasteiger partial charge in [0.1, 0.15) is 10.7 Å². The van der Waals surface area contributed by atoms with Crippen LogP contribution in [-0.4, -0.2) is 13.4 Å². The van der Waals surface area contributed by atoms with Gasteiger partial charge in [-0.15, -0.1) is 0 Å². The van der Waals surface area contributed by atoms with Crippen molar-refractivity contribution in [1.82, 2.24) is 4.98 Å². The molecule has 1 aromatic heterocycles. The van der Waals surface area contributed by atoms with Gasteiger partial charge in [-0.05, 0) is 46.3 Å². The van der Waals surface area contributed by atoms with Crippen molar-refractivity contribution >= 4 is 58.4 Å². The Morgan fingerprint density at radius 1 is 1.00 bits per heavy atom. The van der Waals surface area contributed by atoms with Gasteiger partial charge < -0.3 is 5.73 Å². The van der Waals surface area contributed by atoms with E-state index in [-0.39, 0.29) is 15.6 Å². The summed E-state index contributed by atoms with van der Waals surface area (Å²) in [6.45, 7) is 0. The van der Waals surface area contributed by atoms with Gasteiger partial charge in [-0.2, -0.15) is 0 Å². The van der Waals surface area contributed by atoms with E-state index in [0.717, 1.165) is 8.95 Å². The lowest BCUT2D eigenvalue weighted by Gasteiger charge is -2.10. The van der Waals surface area contributed by atoms with E-state index < -0.39 is 9.84 Å². The first-order valence-corrected chi connectivity index (χ1v) is 9.32. The zero-order chi connectivity index (χ0) is 15.9. The Kier molecular flexibility index (Phi) is 3.96. The predicted octanol–water partition coefficient (Wildman–Crippen LogP) is 4.17. The molecule has 0 amide bonds. The predicted molar refractivity (Wildman–Crippen MR) is 93.4 cm³/mol. The number of hydrogen-bond donors (Lipinski definition) is 1. The lowest BCUT2D eigenvalue weighted by Crippen LogP contribution is -2.07. The molecule has 0 unspecified atom stereocenters. The van der Waals surface area contributed by atoms with E-state index in [2.05, 4.69) is 36.8 Å². The van der Waals surface area contributed by atoms with Crippen LogP contribution in [-0.2, 0) is 9.84 Å². The molecule has 0 radical (unpaired) electrons. The molecule has 0 saturated carbocycles. The molecule has 0 aliphatic heterocycles. The third-order valence-electron chi connectivity index (χ3n) is 3.17. The van der Waals surface area contributed by atoms with E-state index in [1.165, 1.54) is 12.1 Å². The maximum atomic E-state index is 12.7. The molecule has 2 aromatic carbocycles. The Morgan fingerprint density at radius 3 is 2.36 bits per heavy atom. The second kappa shape index (κ2) is 5.64. The Morgan fingerprint density at radius 2 is 1.68 bits per heavy atom. The molecule has 3 aromatic rings. The summed E-state index contributed by atoms with van der Waals surface area (Å²) in [6, 6.07) is 13.4. The number of hydrogen-bond acceptors (Lipinski definition) is 4. The van der Waals surface area contributed by atoms with Crippen molar-refractivity contribution in [3.05, 3.63) is 57.5 Å². The SMILES string of the molecule is Nc1nc2c(Br)cc(Br)cc2cc1S(=O)(=O)c1ccccc1. The number of anilines is 1. The van der Waals surface area contributed by atoms with E-state index in [4.69, 9.17) is 5.73 Å². The van der Waals surface area contributed by atoms with Crippen LogP contribution in [0.15, 0.2) is 67.3 Å². The Bertz CT molecular complexity index is 974. The molecule has 0 aliphatic rings. The normalized spacial score (nSPS) is 11.7. The largest absolute Gasteiger partial charge is 0.383 e. The molecule has 112 valence electrons. The van der Waals surface area contributed by atoms with Crippen molar-refractivity contribution in [2.75, 3.05) is 5.73 Å². The molecule has 0 aliphatic carbocycles. The fourth-order valence-electron chi connectivity index (χ4n) is 2.15. The van der Waals surface area contributed by atoms with E-state index in [1.54, 1.807) is 30.3 Å². The van der Waals surface area contributed by atoms with Crippen molar-refractivity contribution in [3.63, 3.8) is 0 Å². The number of sulfone groups is 1. The van der Waals surface area contributed by atoms with Crippen molar-refractivity contribution < 1.29 is 8.42 Å². The number of nitrogens with zero attached hydrogens (tertiary/aromatic N) is 1. The number of fused-ring (bicyclic) bond motifs is 1. The summed E-state index contributed by atoms with van der Waals surface area (Å²) >= 11 is 6.79. The third-order valence-corrected chi connectivity index (χ3v) is 6.03. The third kappa shape index (κ3) is 2.64. The number of halogens is 2. The standard InChI is InChI=1S/C15H10Br2N2O2S/c16-10-6-9-7-13(15(18)19-14(9)12(17)8-10)22(20,21)11-4-2-1-3-5-11/h1-8H,(H2,18,19). The highest BCUT2D eigenvalue weighted by molar-refractivity contribution is 9.11. The van der Waals surface area contributed by atoms with Crippen LogP contribution in [0.25, 0.3) is 10.9 Å². The van der Waals surface area contributed by atoms with Gasteiger partial charge in [-0.1, -0.05) is 34.1 Å². The minimum atomic E-state index is -3.70. The van der Waals surface area contributed by atoms with Crippen LogP contribution < -0.4 is 5.73 Å². The molecular weight excluding hydrogens is 432 g/mol. The highest BCUT2D eigenvalue weighted by Gasteiger charge is 2.22. The fraction of sp³-hybridized carbons (Fsp3) is 0. The Balaban J connectivity index is 2.30. The first-order valence-electron chi connectivity index (χ1n) is 6.25. The average molecular weight is 442 g/mol. The number of aromatic nitrogens is 1. The van der Waals surface area contributed by atoms with Gasteiger partial charge in [0.25, 0.3) is 0 Å². The van der Waals surface area contributed by atoms with Gasteiger partial charge in [0, 0.05) is 14.3 Å². The summed E-state index contributed by atoms with van der Waals surface area (Å²) in [4.78, 5) is 4.44. The van der Waals surface area contributed by atoms with Crippen molar-refractivity contribution in [1.29, 1.82) is 0 Å². The molecular formula is C15H10Br2N2O2S. The van der Waals surface area contributed by atoms with Crippen molar-refractivity contribution in [2.45, 2.75) is 9.79 Å². The van der Waals surface area contributed by atoms with Crippen LogP contribution in [0.2, 0.25) is 0 Å². The average Bonchev–Trinajstić information content (AvgIpc) is 2.48. The summed E-state index contributed by atoms with van der Waals surface area (Å²) in [5.41, 5.74) is 6.51. The summed E-state index contributed by atoms with van der Waals surface area (Å²) in [6.07, 6.45) is 0. The lowest BCUT2D eigenvalue weighted by molar-refractivity contribution is 0.596. The van der Waals surface area contributed by atoms with Crippen LogP contribution in [0.5, 0.6) is 0 Å². The van der Waals surface area contributed by atoms with Crippen molar-refractivity contribution in [3.8, 4) is 0 Å². The molecule has 3 rings (SSSR count). The smallest absolute Gasteiger partial charge is 0.210 e. The summed E-state index contributed by atoms with van der Waals surface area (Å²) in [7, 11) is -3.70. The summed E-state index contributed by atoms with van der Waals surface area (Å²) in [5, 5.41) is 0.685. The van der Waals surface area contributed by atoms with Gasteiger partial charge in [0.2, 0.25) is 9.84 Å². The van der Waals surface area contributed by atoms with E-state index in [9.17, 15) is 8.42 Å². The highest BCUT2D eigenvalue weighted by atomic mass is 79.9. The molecule has 4 nitrogen and oxygen atoms in total. The van der Waals surface area contributed by atoms with Crippen LogP contribution in [0.3, 0.4) is 0 Å². The van der Waals surface area contributed by atoms with Crippen LogP contribution in [0.1, 0.15) is 0 Å². The van der Waals surface area contributed by atoms with Crippen LogP contribution in [0, 0.1) is 0 Å². The molecule has 1 heterocycles. The van der Waals surface area contributed by atoms with Crippen molar-refractivity contribution in [2.24, 2.45) is 0 Å². The molecule has 0 saturated heterocycles. The lowest BCUT2D eigenvalue weighted by atomic mass is 10.2. The molecule has 0 fully saturated rings. The zero-order valence-corrected chi connectivity index (χ0v) is 15.1. The molecule has 0 spiro atoms. The Hall–Kier alpha value is -1.44. The number of nitrogen functional groups attached to an aromatic ring is 1. The van der Waals surface area contributed by atoms with Gasteiger partial charge in [0.15, 0.2) is 0 Å². The molecule has 7 heteroatoms. The second-order valence-corrected chi connectivity index (χ2v) is 8.34. The summed E-state index contributed by atoms with van der Waals surface area (Å²) < 4.78 is 27.0. The quantitative estimate of drug-likeness (QED) is 0.647. The van der Waals surface area contributed by atoms with E-state index in [1.807, 2.05) is 6.07 Å². The van der Waals surface area contributed by atoms with Gasteiger partial charge >= 0.3 is 0 Å². The van der Waals surface area contributed by atoms with E-state index in [0.29, 0.717) is 10.9 Å². The minimum absolute atomic E-state index is 0.0104. The molecule has 2 N–H and O–H groups in total. The number of nitrogens with two attached hydrogens (primary N) is 1. The van der Waals surface area contributed by atoms with Crippen LogP contribution in [0.4, 0.5) is 5.82 Å². The summed E-state index contributed by atoms with van der Waals surface area (Å²) in [5.74, 6) is -0.0145. The maximum absolute atomic E-state index is 12.7. The zero-order valence-electron chi connectivity index (χ0n) is 11.1. The van der Waals surface area contributed by atoms with Gasteiger partial charge in [0.05, 0.1) is 10.4 Å². The maximum Gasteiger partial charge on any atom is 0.210 e. The first kappa shape index (κ1) is 15.5. The molecule has 22 heavy (non-hydrogen) atoms. The first-order chi connectivity index (χ1) is 10.4. The minimum Gasteiger partial charge on any atom is -0.383 e. The van der Waals surface area contributed by atoms with Gasteiger partial charge in [-0.3, -0.25) is 0 Å². The highest BCUT2D eigenvalue weighted by Crippen LogP contribution is 2.32. The van der Waals surface area contributed by atoms with E-state index >= 15 is 0 Å². The number of rotatable bonds is 2. The molecule has 0 bridgehead atoms. The Labute approximate surface area is 144 Å². The number of benzene rings is 2. The fourth-order valence-corrected chi connectivity index (χ4v) is 4.87. The van der Waals surface area contributed by atoms with Crippen LogP contribution >= 0.6 is 31.9 Å². The van der Waals surface area contributed by atoms with Gasteiger partial charge in [-0.25, -0.2) is 13.4 Å². The second-order valence-electron chi connectivity index (χ2n) is 4.65. The number of pyridine rings is 1.